The number of hydrogen-bond acceptors (Lipinski definition) is 6. The first-order valence-electron chi connectivity index (χ1n) is 18.0. The zero-order chi connectivity index (χ0) is 32.1. The van der Waals surface area contributed by atoms with E-state index in [1.807, 2.05) is 0 Å². The summed E-state index contributed by atoms with van der Waals surface area (Å²) in [7, 11) is 0. The van der Waals surface area contributed by atoms with Gasteiger partial charge in [-0.2, -0.15) is 0 Å². The highest BCUT2D eigenvalue weighted by atomic mass is 16.6. The van der Waals surface area contributed by atoms with E-state index < -0.39 is 6.10 Å². The summed E-state index contributed by atoms with van der Waals surface area (Å²) in [5.74, 6) is 0.142. The molecule has 1 heterocycles. The first kappa shape index (κ1) is 40.1. The van der Waals surface area contributed by atoms with Crippen LogP contribution in [0, 0.1) is 5.92 Å². The topological polar surface area (TPSA) is 85.4 Å². The zero-order valence-corrected chi connectivity index (χ0v) is 28.5. The average molecular weight is 619 g/mol. The molecule has 0 amide bonds. The molecule has 2 unspecified atom stereocenters. The van der Waals surface area contributed by atoms with Crippen LogP contribution >= 0.6 is 0 Å². The van der Waals surface area contributed by atoms with Crippen LogP contribution in [0.15, 0.2) is 36.5 Å². The normalized spacial score (nSPS) is 17.3. The van der Waals surface area contributed by atoms with Gasteiger partial charge in [-0.25, -0.2) is 0 Å². The number of ether oxygens (including phenoxy) is 3. The van der Waals surface area contributed by atoms with Crippen LogP contribution in [0.4, 0.5) is 0 Å². The maximum Gasteiger partial charge on any atom is 0.306 e. The fourth-order valence-electron chi connectivity index (χ4n) is 5.18. The molecule has 0 spiro atoms. The smallest absolute Gasteiger partial charge is 0.306 e. The van der Waals surface area contributed by atoms with E-state index >= 15 is 0 Å². The van der Waals surface area contributed by atoms with Crippen LogP contribution in [0.25, 0.3) is 0 Å². The summed E-state index contributed by atoms with van der Waals surface area (Å²) in [4.78, 5) is 24.2. The lowest BCUT2D eigenvalue weighted by molar-refractivity contribution is -0.161. The molecule has 0 bridgehead atoms. The van der Waals surface area contributed by atoms with E-state index in [0.717, 1.165) is 50.9 Å². The predicted molar refractivity (Wildman–Crippen MR) is 181 cm³/mol. The van der Waals surface area contributed by atoms with Gasteiger partial charge < -0.3 is 19.3 Å². The summed E-state index contributed by atoms with van der Waals surface area (Å²) in [6, 6.07) is 0. The molecule has 1 rings (SSSR count). The number of carbonyl (C=O) groups excluding carboxylic acids is 2. The van der Waals surface area contributed by atoms with Crippen molar-refractivity contribution in [3.8, 4) is 0 Å². The molecule has 1 fully saturated rings. The van der Waals surface area contributed by atoms with Crippen molar-refractivity contribution in [3.63, 3.8) is 0 Å². The third kappa shape index (κ3) is 25.4. The van der Waals surface area contributed by atoms with Crippen molar-refractivity contribution in [3.05, 3.63) is 36.5 Å². The fraction of sp³-hybridized carbons (Fsp3) is 0.789. The summed E-state index contributed by atoms with van der Waals surface area (Å²) >= 11 is 0. The van der Waals surface area contributed by atoms with Crippen LogP contribution in [0.2, 0.25) is 0 Å². The van der Waals surface area contributed by atoms with E-state index in [4.69, 9.17) is 14.2 Å². The van der Waals surface area contributed by atoms with Gasteiger partial charge in [-0.1, -0.05) is 128 Å². The second-order valence-electron chi connectivity index (χ2n) is 12.8. The van der Waals surface area contributed by atoms with Crippen molar-refractivity contribution >= 4 is 11.9 Å². The minimum Gasteiger partial charge on any atom is -0.462 e. The summed E-state index contributed by atoms with van der Waals surface area (Å²) in [6.45, 7) is 6.35. The number of rotatable bonds is 30. The van der Waals surface area contributed by atoms with E-state index in [0.29, 0.717) is 12.8 Å². The Balaban J connectivity index is 1.97. The summed E-state index contributed by atoms with van der Waals surface area (Å²) < 4.78 is 16.3. The zero-order valence-electron chi connectivity index (χ0n) is 28.5. The molecule has 44 heavy (non-hydrogen) atoms. The monoisotopic (exact) mass is 618 g/mol. The molecule has 1 N–H and O–H groups in total. The Hall–Kier alpha value is -1.92. The molecule has 0 aromatic rings. The van der Waals surface area contributed by atoms with E-state index in [2.05, 4.69) is 57.2 Å². The summed E-state index contributed by atoms with van der Waals surface area (Å²) in [6.07, 6.45) is 35.1. The molecule has 0 radical (unpaired) electrons. The van der Waals surface area contributed by atoms with Crippen molar-refractivity contribution in [2.45, 2.75) is 174 Å². The molecular formula is C38H66O6. The molecule has 6 heteroatoms. The van der Waals surface area contributed by atoms with Gasteiger partial charge in [0.2, 0.25) is 0 Å². The standard InChI is InChI=1S/C38H66O6/c1-4-5-6-7-8-9-10-11-14-17-20-23-27-35-36(44-35)28-25-30-38(41)43-34(31-39)32-42-37(40)29-24-21-18-15-12-13-16-19-22-26-33(2)3/h8-9,11,14,20,23,33-36,39H,4-7,10,12-13,15-19,21-22,24-32H2,1-3H3/b9-8-,14-11-,23-20-/t34-,35?,36?/m0/s1. The fourth-order valence-corrected chi connectivity index (χ4v) is 5.18. The second kappa shape index (κ2) is 28.5. The predicted octanol–water partition coefficient (Wildman–Crippen LogP) is 9.74. The molecule has 1 aliphatic heterocycles. The van der Waals surface area contributed by atoms with Gasteiger partial charge in [0.05, 0.1) is 18.8 Å². The van der Waals surface area contributed by atoms with Gasteiger partial charge in [0, 0.05) is 12.8 Å². The molecular weight excluding hydrogens is 552 g/mol. The van der Waals surface area contributed by atoms with Gasteiger partial charge >= 0.3 is 11.9 Å². The maximum atomic E-state index is 12.2. The van der Waals surface area contributed by atoms with E-state index in [1.54, 1.807) is 0 Å². The number of hydrogen-bond donors (Lipinski definition) is 1. The molecule has 6 nitrogen and oxygen atoms in total. The first-order valence-corrected chi connectivity index (χ1v) is 18.0. The number of aliphatic hydroxyl groups excluding tert-OH is 1. The maximum absolute atomic E-state index is 12.2. The average Bonchev–Trinajstić information content (AvgIpc) is 3.76. The summed E-state index contributed by atoms with van der Waals surface area (Å²) in [5, 5.41) is 9.54. The molecule has 0 aromatic heterocycles. The van der Waals surface area contributed by atoms with Crippen molar-refractivity contribution in [1.29, 1.82) is 0 Å². The highest BCUT2D eigenvalue weighted by Crippen LogP contribution is 2.30. The third-order valence-electron chi connectivity index (χ3n) is 8.04. The molecule has 254 valence electrons. The minimum atomic E-state index is -0.807. The van der Waals surface area contributed by atoms with Crippen LogP contribution in [0.5, 0.6) is 0 Å². The van der Waals surface area contributed by atoms with Gasteiger partial charge in [-0.3, -0.25) is 9.59 Å². The van der Waals surface area contributed by atoms with Crippen molar-refractivity contribution in [2.24, 2.45) is 5.92 Å². The number of carbonyl (C=O) groups is 2. The summed E-state index contributed by atoms with van der Waals surface area (Å²) in [5.41, 5.74) is 0. The first-order chi connectivity index (χ1) is 21.5. The highest BCUT2D eigenvalue weighted by molar-refractivity contribution is 5.70. The number of aliphatic hydroxyl groups is 1. The van der Waals surface area contributed by atoms with Crippen LogP contribution < -0.4 is 0 Å². The van der Waals surface area contributed by atoms with E-state index in [-0.39, 0.29) is 43.8 Å². The lowest BCUT2D eigenvalue weighted by atomic mass is 10.0. The van der Waals surface area contributed by atoms with Crippen molar-refractivity contribution < 1.29 is 28.9 Å². The Labute approximate surface area is 270 Å². The lowest BCUT2D eigenvalue weighted by Crippen LogP contribution is -2.28. The van der Waals surface area contributed by atoms with Crippen LogP contribution in [-0.4, -0.2) is 48.6 Å². The van der Waals surface area contributed by atoms with Crippen LogP contribution in [0.1, 0.15) is 156 Å². The van der Waals surface area contributed by atoms with Gasteiger partial charge in [-0.05, 0) is 57.3 Å². The largest absolute Gasteiger partial charge is 0.462 e. The van der Waals surface area contributed by atoms with Crippen LogP contribution in [0.3, 0.4) is 0 Å². The minimum absolute atomic E-state index is 0.0943. The second-order valence-corrected chi connectivity index (χ2v) is 12.8. The Morgan fingerprint density at radius 3 is 2.00 bits per heavy atom. The molecule has 0 aliphatic carbocycles. The number of allylic oxidation sites excluding steroid dienone is 5. The van der Waals surface area contributed by atoms with Gasteiger partial charge in [0.15, 0.2) is 6.10 Å². The molecule has 1 saturated heterocycles. The van der Waals surface area contributed by atoms with Gasteiger partial charge in [0.1, 0.15) is 6.61 Å². The Kier molecular flexibility index (Phi) is 26.0. The Morgan fingerprint density at radius 2 is 1.34 bits per heavy atom. The van der Waals surface area contributed by atoms with E-state index in [9.17, 15) is 14.7 Å². The van der Waals surface area contributed by atoms with Gasteiger partial charge in [-0.15, -0.1) is 0 Å². The molecule has 1 aliphatic rings. The molecule has 0 saturated carbocycles. The number of esters is 2. The highest BCUT2D eigenvalue weighted by Gasteiger charge is 2.36. The quantitative estimate of drug-likeness (QED) is 0.0373. The van der Waals surface area contributed by atoms with Crippen molar-refractivity contribution in [1.82, 2.24) is 0 Å². The third-order valence-corrected chi connectivity index (χ3v) is 8.04. The van der Waals surface area contributed by atoms with E-state index in [1.165, 1.54) is 70.6 Å². The lowest BCUT2D eigenvalue weighted by Gasteiger charge is -2.15. The number of unbranched alkanes of at least 4 members (excludes halogenated alkanes) is 11. The number of epoxide rings is 1. The SMILES string of the molecule is CCCCC/C=C\C/C=C\C/C=C\CC1OC1CCCC(=O)O[C@@H](CO)COC(=O)CCCCCCCCCCCC(C)C. The Morgan fingerprint density at radius 1 is 0.727 bits per heavy atom. The molecule has 3 atom stereocenters. The van der Waals surface area contributed by atoms with Gasteiger partial charge in [0.25, 0.3) is 0 Å². The molecule has 0 aromatic carbocycles. The Bertz CT molecular complexity index is 786. The van der Waals surface area contributed by atoms with Crippen molar-refractivity contribution in [2.75, 3.05) is 13.2 Å². The van der Waals surface area contributed by atoms with Crippen LogP contribution in [-0.2, 0) is 23.8 Å².